The van der Waals surface area contributed by atoms with E-state index >= 15 is 0 Å². The van der Waals surface area contributed by atoms with Gasteiger partial charge in [-0.2, -0.15) is 0 Å². The van der Waals surface area contributed by atoms with Crippen LogP contribution in [0.25, 0.3) is 114 Å². The summed E-state index contributed by atoms with van der Waals surface area (Å²) in [6.45, 7) is -0.149. The van der Waals surface area contributed by atoms with Crippen molar-refractivity contribution in [2.75, 3.05) is 4.90 Å². The van der Waals surface area contributed by atoms with Gasteiger partial charge >= 0.3 is 0 Å². The lowest BCUT2D eigenvalue weighted by Crippen LogP contribution is -2.59. The summed E-state index contributed by atoms with van der Waals surface area (Å²) in [5, 5.41) is 7.43. The normalized spacial score (nSPS) is 12.7. The van der Waals surface area contributed by atoms with Crippen LogP contribution in [-0.2, 0) is 0 Å². The Morgan fingerprint density at radius 1 is 0.359 bits per heavy atom. The first-order chi connectivity index (χ1) is 38.7. The van der Waals surface area contributed by atoms with E-state index in [1.165, 1.54) is 52.7 Å². The fourth-order valence-corrected chi connectivity index (χ4v) is 14.2. The molecule has 0 amide bonds. The third-order valence-electron chi connectivity index (χ3n) is 16.6. The van der Waals surface area contributed by atoms with Gasteiger partial charge in [-0.3, -0.25) is 0 Å². The second-order valence-corrected chi connectivity index (χ2v) is 21.9. The van der Waals surface area contributed by atoms with Crippen LogP contribution in [0.3, 0.4) is 0 Å². The summed E-state index contributed by atoms with van der Waals surface area (Å²) in [7, 11) is 0. The van der Waals surface area contributed by atoms with Crippen LogP contribution in [0, 0.1) is 0 Å². The minimum absolute atomic E-state index is 0.149. The van der Waals surface area contributed by atoms with Gasteiger partial charge in [0.1, 0.15) is 11.5 Å². The maximum atomic E-state index is 7.54. The molecular formula is C72H44BN3OS. The average molecular weight is 1010 g/mol. The van der Waals surface area contributed by atoms with E-state index in [4.69, 9.17) is 4.74 Å². The Balaban J connectivity index is 0.968. The second-order valence-electron chi connectivity index (χ2n) is 20.8. The van der Waals surface area contributed by atoms with E-state index < -0.39 is 0 Å². The van der Waals surface area contributed by atoms with Crippen molar-refractivity contribution in [2.45, 2.75) is 0 Å². The van der Waals surface area contributed by atoms with Gasteiger partial charge in [0.25, 0.3) is 6.71 Å². The summed E-state index contributed by atoms with van der Waals surface area (Å²) in [5.74, 6) is 1.71. The highest BCUT2D eigenvalue weighted by atomic mass is 32.1. The zero-order chi connectivity index (χ0) is 51.0. The molecule has 5 heterocycles. The number of thiophene rings is 1. The Morgan fingerprint density at radius 3 is 1.67 bits per heavy atom. The van der Waals surface area contributed by atoms with Crippen LogP contribution in [0.4, 0.5) is 17.1 Å². The Morgan fingerprint density at radius 2 is 0.923 bits per heavy atom. The molecule has 362 valence electrons. The molecule has 0 fully saturated rings. The lowest BCUT2D eigenvalue weighted by atomic mass is 9.34. The summed E-state index contributed by atoms with van der Waals surface area (Å²) in [6, 6.07) is 96.3. The smallest absolute Gasteiger partial charge is 0.256 e. The minimum atomic E-state index is -0.149. The molecule has 0 atom stereocenters. The predicted octanol–water partition coefficient (Wildman–Crippen LogP) is 17.9. The summed E-state index contributed by atoms with van der Waals surface area (Å²) in [5.41, 5.74) is 21.6. The highest BCUT2D eigenvalue weighted by molar-refractivity contribution is 7.25. The molecule has 0 saturated heterocycles. The third kappa shape index (κ3) is 6.47. The number of para-hydroxylation sites is 4. The first-order valence-corrected chi connectivity index (χ1v) is 27.6. The molecule has 3 aromatic heterocycles. The van der Waals surface area contributed by atoms with E-state index in [2.05, 4.69) is 275 Å². The van der Waals surface area contributed by atoms with E-state index in [0.717, 1.165) is 106 Å². The van der Waals surface area contributed by atoms with Crippen LogP contribution in [0.2, 0.25) is 0 Å². The standard InChI is InChI=1S/C72H44BN3OS/c1-3-16-44(17-4-1)51-24-15-25-52(45-18-5-2-6-19-45)72(51)76-65-40-48(47-33-37-70-58(39-47)56-23-10-14-29-69(56)78-70)30-34-59(65)73-60-35-31-49(46-32-36-62-57(38-46)53-20-7-11-26-61(53)74-62)41-67(60)77-68-43-50(42-66(76)71(68)73)75-63-27-12-8-21-54(63)55-22-9-13-28-64(55)75/h1-43,74H. The van der Waals surface area contributed by atoms with Crippen molar-refractivity contribution >= 4 is 115 Å². The number of anilines is 3. The lowest BCUT2D eigenvalue weighted by Gasteiger charge is -2.42. The molecule has 0 radical (unpaired) electrons. The third-order valence-corrected chi connectivity index (χ3v) is 17.7. The fourth-order valence-electron chi connectivity index (χ4n) is 13.1. The number of fused-ring (bicyclic) bond motifs is 13. The number of rotatable bonds is 6. The van der Waals surface area contributed by atoms with Crippen molar-refractivity contribution in [3.8, 4) is 61.7 Å². The molecule has 15 aromatic rings. The van der Waals surface area contributed by atoms with Crippen LogP contribution in [-0.4, -0.2) is 16.3 Å². The van der Waals surface area contributed by atoms with Crippen LogP contribution in [0.1, 0.15) is 0 Å². The first kappa shape index (κ1) is 43.4. The molecule has 0 aliphatic carbocycles. The highest BCUT2D eigenvalue weighted by Crippen LogP contribution is 2.51. The highest BCUT2D eigenvalue weighted by Gasteiger charge is 2.43. The molecule has 78 heavy (non-hydrogen) atoms. The van der Waals surface area contributed by atoms with Crippen molar-refractivity contribution in [1.82, 2.24) is 9.55 Å². The van der Waals surface area contributed by atoms with E-state index in [-0.39, 0.29) is 6.71 Å². The second kappa shape index (κ2) is 16.8. The van der Waals surface area contributed by atoms with Crippen LogP contribution in [0.5, 0.6) is 11.5 Å². The quantitative estimate of drug-likeness (QED) is 0.168. The van der Waals surface area contributed by atoms with Crippen LogP contribution < -0.4 is 26.0 Å². The molecule has 0 bridgehead atoms. The minimum Gasteiger partial charge on any atom is -0.458 e. The summed E-state index contributed by atoms with van der Waals surface area (Å²) < 4.78 is 12.6. The first-order valence-electron chi connectivity index (χ1n) is 26.8. The average Bonchev–Trinajstić information content (AvgIpc) is 4.30. The van der Waals surface area contributed by atoms with Crippen molar-refractivity contribution in [3.05, 3.63) is 261 Å². The largest absolute Gasteiger partial charge is 0.458 e. The van der Waals surface area contributed by atoms with Gasteiger partial charge in [0.05, 0.1) is 22.4 Å². The maximum Gasteiger partial charge on any atom is 0.256 e. The summed E-state index contributed by atoms with van der Waals surface area (Å²) in [4.78, 5) is 6.22. The lowest BCUT2D eigenvalue weighted by molar-refractivity contribution is 0.487. The van der Waals surface area contributed by atoms with Crippen molar-refractivity contribution in [1.29, 1.82) is 0 Å². The number of benzene rings is 12. The zero-order valence-corrected chi connectivity index (χ0v) is 42.9. The number of hydrogen-bond acceptors (Lipinski definition) is 3. The molecular weight excluding hydrogens is 966 g/mol. The Labute approximate surface area is 454 Å². The number of nitrogens with zero attached hydrogens (tertiary/aromatic N) is 2. The SMILES string of the molecule is c1ccc(-c2cccc(-c3ccccc3)c2N2c3cc(-c4ccc5sc6ccccc6c5c4)ccc3B3c4ccc(-c5ccc6[nH]c7ccccc7c6c5)cc4Oc4cc(-n5c6ccccc6c6ccccc65)cc2c43)cc1. The molecule has 0 unspecified atom stereocenters. The van der Waals surface area contributed by atoms with Gasteiger partial charge in [-0.05, 0) is 116 Å². The molecule has 0 saturated carbocycles. The van der Waals surface area contributed by atoms with Crippen LogP contribution in [0.15, 0.2) is 261 Å². The number of aromatic nitrogens is 2. The number of hydrogen-bond donors (Lipinski definition) is 1. The monoisotopic (exact) mass is 1010 g/mol. The molecule has 2 aliphatic rings. The molecule has 6 heteroatoms. The topological polar surface area (TPSA) is 33.2 Å². The van der Waals surface area contributed by atoms with E-state index in [9.17, 15) is 0 Å². The van der Waals surface area contributed by atoms with Crippen molar-refractivity contribution in [2.24, 2.45) is 0 Å². The predicted molar refractivity (Wildman–Crippen MR) is 331 cm³/mol. The zero-order valence-electron chi connectivity index (χ0n) is 42.1. The molecule has 12 aromatic carbocycles. The van der Waals surface area contributed by atoms with Gasteiger partial charge in [-0.1, -0.05) is 188 Å². The van der Waals surface area contributed by atoms with Gasteiger partial charge in [-0.15, -0.1) is 11.3 Å². The van der Waals surface area contributed by atoms with E-state index in [1.807, 2.05) is 11.3 Å². The maximum absolute atomic E-state index is 7.54. The summed E-state index contributed by atoms with van der Waals surface area (Å²) in [6.07, 6.45) is 0. The number of ether oxygens (including phenoxy) is 1. The van der Waals surface area contributed by atoms with E-state index in [0.29, 0.717) is 0 Å². The molecule has 1 N–H and O–H groups in total. The molecule has 4 nitrogen and oxygen atoms in total. The van der Waals surface area contributed by atoms with Crippen LogP contribution >= 0.6 is 11.3 Å². The van der Waals surface area contributed by atoms with Crippen molar-refractivity contribution < 1.29 is 4.74 Å². The fraction of sp³-hybridized carbons (Fsp3) is 0. The van der Waals surface area contributed by atoms with Gasteiger partial charge < -0.3 is 19.2 Å². The van der Waals surface area contributed by atoms with Gasteiger partial charge in [0, 0.05) is 81.3 Å². The summed E-state index contributed by atoms with van der Waals surface area (Å²) >= 11 is 1.86. The number of aromatic amines is 1. The Kier molecular flexibility index (Phi) is 9.35. The van der Waals surface area contributed by atoms with E-state index in [1.54, 1.807) is 0 Å². The molecule has 0 spiro atoms. The number of nitrogens with one attached hydrogen (secondary N) is 1. The number of H-pyrrole nitrogens is 1. The van der Waals surface area contributed by atoms with Gasteiger partial charge in [0.2, 0.25) is 0 Å². The van der Waals surface area contributed by atoms with Gasteiger partial charge in [-0.25, -0.2) is 0 Å². The molecule has 17 rings (SSSR count). The van der Waals surface area contributed by atoms with Gasteiger partial charge in [0.15, 0.2) is 0 Å². The van der Waals surface area contributed by atoms with Crippen molar-refractivity contribution in [3.63, 3.8) is 0 Å². The Hall–Kier alpha value is -9.88. The molecule has 2 aliphatic heterocycles. The Bertz CT molecular complexity index is 4860.